The van der Waals surface area contributed by atoms with E-state index in [4.69, 9.17) is 16.3 Å². The molecule has 0 atom stereocenters. The van der Waals surface area contributed by atoms with Crippen molar-refractivity contribution in [2.45, 2.75) is 13.5 Å². The number of aryl methyl sites for hydroxylation is 1. The Balaban J connectivity index is 2.17. The summed E-state index contributed by atoms with van der Waals surface area (Å²) in [5, 5.41) is 0.00515. The highest BCUT2D eigenvalue weighted by Crippen LogP contribution is 2.24. The predicted octanol–water partition coefficient (Wildman–Crippen LogP) is 4.51. The average Bonchev–Trinajstić information content (AvgIpc) is 2.36. The van der Waals surface area contributed by atoms with E-state index in [1.165, 1.54) is 18.2 Å². The Morgan fingerprint density at radius 2 is 1.83 bits per heavy atom. The van der Waals surface area contributed by atoms with E-state index >= 15 is 0 Å². The molecule has 2 aromatic carbocycles. The van der Waals surface area contributed by atoms with E-state index in [0.717, 1.165) is 0 Å². The SMILES string of the molecule is Cc1cccc(OCc2cccc(F)c2Cl)c1F. The molecule has 0 aliphatic rings. The molecule has 0 aliphatic heterocycles. The number of rotatable bonds is 3. The molecular weight excluding hydrogens is 258 g/mol. The van der Waals surface area contributed by atoms with Gasteiger partial charge in [0.2, 0.25) is 0 Å². The van der Waals surface area contributed by atoms with Crippen LogP contribution < -0.4 is 4.74 Å². The molecule has 0 fully saturated rings. The summed E-state index contributed by atoms with van der Waals surface area (Å²) in [5.74, 6) is -0.789. The van der Waals surface area contributed by atoms with Crippen LogP contribution in [0.3, 0.4) is 0 Å². The van der Waals surface area contributed by atoms with Crippen molar-refractivity contribution >= 4 is 11.6 Å². The van der Waals surface area contributed by atoms with Gasteiger partial charge in [-0.1, -0.05) is 35.9 Å². The summed E-state index contributed by atoms with van der Waals surface area (Å²) in [5.41, 5.74) is 0.982. The van der Waals surface area contributed by atoms with Crippen molar-refractivity contribution in [2.24, 2.45) is 0 Å². The highest BCUT2D eigenvalue weighted by molar-refractivity contribution is 6.31. The van der Waals surface area contributed by atoms with Gasteiger partial charge in [-0.25, -0.2) is 8.78 Å². The summed E-state index contributed by atoms with van der Waals surface area (Å²) >= 11 is 5.78. The third kappa shape index (κ3) is 2.62. The van der Waals surface area contributed by atoms with Crippen LogP contribution in [0.15, 0.2) is 36.4 Å². The van der Waals surface area contributed by atoms with Crippen LogP contribution in [0.5, 0.6) is 5.75 Å². The molecule has 2 rings (SSSR count). The molecule has 18 heavy (non-hydrogen) atoms. The Hall–Kier alpha value is -1.61. The van der Waals surface area contributed by atoms with Crippen LogP contribution in [0.1, 0.15) is 11.1 Å². The molecule has 0 spiro atoms. The van der Waals surface area contributed by atoms with E-state index in [9.17, 15) is 8.78 Å². The van der Waals surface area contributed by atoms with Crippen molar-refractivity contribution < 1.29 is 13.5 Å². The molecule has 0 aromatic heterocycles. The largest absolute Gasteiger partial charge is 0.486 e. The molecule has 1 nitrogen and oxygen atoms in total. The molecule has 2 aromatic rings. The van der Waals surface area contributed by atoms with Gasteiger partial charge >= 0.3 is 0 Å². The molecule has 94 valence electrons. The first-order chi connectivity index (χ1) is 8.59. The third-order valence-corrected chi connectivity index (χ3v) is 2.99. The van der Waals surface area contributed by atoms with E-state index in [2.05, 4.69) is 0 Å². The third-order valence-electron chi connectivity index (χ3n) is 2.57. The van der Waals surface area contributed by atoms with Crippen molar-refractivity contribution in [2.75, 3.05) is 0 Å². The number of ether oxygens (including phenoxy) is 1. The van der Waals surface area contributed by atoms with Crippen LogP contribution in [-0.2, 0) is 6.61 Å². The van der Waals surface area contributed by atoms with Crippen molar-refractivity contribution in [1.29, 1.82) is 0 Å². The van der Waals surface area contributed by atoms with E-state index < -0.39 is 11.6 Å². The van der Waals surface area contributed by atoms with E-state index in [-0.39, 0.29) is 17.4 Å². The normalized spacial score (nSPS) is 10.4. The van der Waals surface area contributed by atoms with E-state index in [1.807, 2.05) is 0 Å². The lowest BCUT2D eigenvalue weighted by molar-refractivity contribution is 0.289. The van der Waals surface area contributed by atoms with Crippen LogP contribution in [0.2, 0.25) is 5.02 Å². The van der Waals surface area contributed by atoms with E-state index in [0.29, 0.717) is 11.1 Å². The minimum Gasteiger partial charge on any atom is -0.486 e. The second-order valence-electron chi connectivity index (χ2n) is 3.89. The lowest BCUT2D eigenvalue weighted by Crippen LogP contribution is -2.00. The van der Waals surface area contributed by atoms with Crippen LogP contribution >= 0.6 is 11.6 Å². The van der Waals surface area contributed by atoms with Crippen LogP contribution in [-0.4, -0.2) is 0 Å². The van der Waals surface area contributed by atoms with Gasteiger partial charge in [-0.2, -0.15) is 0 Å². The van der Waals surface area contributed by atoms with Crippen molar-refractivity contribution in [3.63, 3.8) is 0 Å². The topological polar surface area (TPSA) is 9.23 Å². The molecule has 4 heteroatoms. The minimum atomic E-state index is -0.512. The van der Waals surface area contributed by atoms with Gasteiger partial charge in [0.1, 0.15) is 12.4 Å². The van der Waals surface area contributed by atoms with Gasteiger partial charge in [0, 0.05) is 5.56 Å². The molecule has 0 saturated carbocycles. The maximum Gasteiger partial charge on any atom is 0.167 e. The van der Waals surface area contributed by atoms with Gasteiger partial charge in [0.15, 0.2) is 11.6 Å². The summed E-state index contributed by atoms with van der Waals surface area (Å²) in [6.07, 6.45) is 0. The predicted molar refractivity (Wildman–Crippen MR) is 66.9 cm³/mol. The first kappa shape index (κ1) is 12.8. The zero-order chi connectivity index (χ0) is 13.1. The molecule has 0 heterocycles. The average molecular weight is 269 g/mol. The van der Waals surface area contributed by atoms with Gasteiger partial charge < -0.3 is 4.74 Å². The molecule has 0 unspecified atom stereocenters. The Morgan fingerprint density at radius 1 is 1.11 bits per heavy atom. The fraction of sp³-hybridized carbons (Fsp3) is 0.143. The van der Waals surface area contributed by atoms with Gasteiger partial charge in [0.25, 0.3) is 0 Å². The van der Waals surface area contributed by atoms with Gasteiger partial charge in [0.05, 0.1) is 5.02 Å². The Bertz CT molecular complexity index is 518. The summed E-state index contributed by atoms with van der Waals surface area (Å²) in [6, 6.07) is 9.30. The molecule has 0 radical (unpaired) electrons. The van der Waals surface area contributed by atoms with Crippen LogP contribution in [0, 0.1) is 18.6 Å². The zero-order valence-corrected chi connectivity index (χ0v) is 10.5. The smallest absolute Gasteiger partial charge is 0.167 e. The zero-order valence-electron chi connectivity index (χ0n) is 9.71. The highest BCUT2D eigenvalue weighted by Gasteiger charge is 2.09. The lowest BCUT2D eigenvalue weighted by Gasteiger charge is -2.09. The molecule has 0 saturated heterocycles. The lowest BCUT2D eigenvalue weighted by atomic mass is 10.2. The second kappa shape index (κ2) is 5.36. The van der Waals surface area contributed by atoms with Gasteiger partial charge in [-0.15, -0.1) is 0 Å². The maximum absolute atomic E-state index is 13.7. The van der Waals surface area contributed by atoms with Crippen LogP contribution in [0.4, 0.5) is 8.78 Å². The van der Waals surface area contributed by atoms with Gasteiger partial charge in [-0.3, -0.25) is 0 Å². The Labute approximate surface area is 109 Å². The Kier molecular flexibility index (Phi) is 3.82. The highest BCUT2D eigenvalue weighted by atomic mass is 35.5. The quantitative estimate of drug-likeness (QED) is 0.796. The maximum atomic E-state index is 13.7. The number of hydrogen-bond donors (Lipinski definition) is 0. The molecule has 0 N–H and O–H groups in total. The number of halogens is 3. The fourth-order valence-corrected chi connectivity index (χ4v) is 1.73. The first-order valence-corrected chi connectivity index (χ1v) is 5.78. The van der Waals surface area contributed by atoms with Crippen LogP contribution in [0.25, 0.3) is 0 Å². The standard InChI is InChI=1S/C14H11ClF2O/c1-9-4-2-7-12(14(9)17)18-8-10-5-3-6-11(16)13(10)15/h2-7H,8H2,1H3. The van der Waals surface area contributed by atoms with Crippen molar-refractivity contribution in [3.8, 4) is 5.75 Å². The molecule has 0 amide bonds. The molecule has 0 aliphatic carbocycles. The van der Waals surface area contributed by atoms with Crippen molar-refractivity contribution in [1.82, 2.24) is 0 Å². The first-order valence-electron chi connectivity index (χ1n) is 5.40. The van der Waals surface area contributed by atoms with E-state index in [1.54, 1.807) is 25.1 Å². The number of hydrogen-bond acceptors (Lipinski definition) is 1. The summed E-state index contributed by atoms with van der Waals surface area (Å²) < 4.78 is 32.2. The summed E-state index contributed by atoms with van der Waals surface area (Å²) in [4.78, 5) is 0. The second-order valence-corrected chi connectivity index (χ2v) is 4.27. The minimum absolute atomic E-state index is 0.00515. The summed E-state index contributed by atoms with van der Waals surface area (Å²) in [6.45, 7) is 1.67. The Morgan fingerprint density at radius 3 is 2.61 bits per heavy atom. The molecular formula is C14H11ClF2O. The fourth-order valence-electron chi connectivity index (χ4n) is 1.55. The summed E-state index contributed by atoms with van der Waals surface area (Å²) in [7, 11) is 0. The van der Waals surface area contributed by atoms with Crippen molar-refractivity contribution in [3.05, 3.63) is 64.2 Å². The van der Waals surface area contributed by atoms with Gasteiger partial charge in [-0.05, 0) is 24.6 Å². The monoisotopic (exact) mass is 268 g/mol. The molecule has 0 bridgehead atoms. The number of benzene rings is 2.